The van der Waals surface area contributed by atoms with Crippen LogP contribution in [0.2, 0.25) is 0 Å². The Kier molecular flexibility index (Phi) is 7.56. The topological polar surface area (TPSA) is 15.3 Å². The molecule has 0 aliphatic heterocycles. The van der Waals surface area contributed by atoms with Gasteiger partial charge in [-0.25, -0.2) is 0 Å². The highest BCUT2D eigenvalue weighted by Crippen LogP contribution is 2.11. The summed E-state index contributed by atoms with van der Waals surface area (Å²) in [4.78, 5) is 2.36. The molecular formula is C15H25BrN2. The van der Waals surface area contributed by atoms with Crippen molar-refractivity contribution < 1.29 is 0 Å². The summed E-state index contributed by atoms with van der Waals surface area (Å²) >= 11 is 3.46. The molecule has 1 unspecified atom stereocenters. The Hall–Kier alpha value is -0.380. The molecule has 0 radical (unpaired) electrons. The molecule has 0 bridgehead atoms. The van der Waals surface area contributed by atoms with Crippen LogP contribution < -0.4 is 5.32 Å². The quantitative estimate of drug-likeness (QED) is 0.788. The third kappa shape index (κ3) is 6.53. The Morgan fingerprint density at radius 2 is 1.94 bits per heavy atom. The highest BCUT2D eigenvalue weighted by atomic mass is 79.9. The fourth-order valence-corrected chi connectivity index (χ4v) is 2.28. The Morgan fingerprint density at radius 1 is 1.28 bits per heavy atom. The summed E-state index contributed by atoms with van der Waals surface area (Å²) in [7, 11) is 2.17. The molecule has 0 aliphatic carbocycles. The molecule has 0 saturated carbocycles. The summed E-state index contributed by atoms with van der Waals surface area (Å²) in [6, 6.07) is 9.19. The monoisotopic (exact) mass is 312 g/mol. The molecular weight excluding hydrogens is 288 g/mol. The minimum Gasteiger partial charge on any atom is -0.313 e. The van der Waals surface area contributed by atoms with Crippen molar-refractivity contribution in [3.63, 3.8) is 0 Å². The van der Waals surface area contributed by atoms with Gasteiger partial charge in [0, 0.05) is 30.1 Å². The van der Waals surface area contributed by atoms with Gasteiger partial charge in [-0.3, -0.25) is 0 Å². The molecule has 1 N–H and O–H groups in total. The zero-order chi connectivity index (χ0) is 13.4. The summed E-state index contributed by atoms with van der Waals surface area (Å²) in [6.07, 6.45) is 2.51. The highest BCUT2D eigenvalue weighted by Gasteiger charge is 2.02. The smallest absolute Gasteiger partial charge is 0.0231 e. The second-order valence-electron chi connectivity index (χ2n) is 5.01. The predicted octanol–water partition coefficient (Wildman–Crippen LogP) is 3.66. The van der Waals surface area contributed by atoms with Crippen molar-refractivity contribution in [2.75, 3.05) is 20.1 Å². The molecule has 2 nitrogen and oxygen atoms in total. The molecule has 1 aromatic rings. The van der Waals surface area contributed by atoms with E-state index in [2.05, 4.69) is 71.3 Å². The van der Waals surface area contributed by atoms with E-state index in [9.17, 15) is 0 Å². The molecule has 1 atom stereocenters. The number of likely N-dealkylation sites (N-methyl/N-ethyl adjacent to an activating group) is 1. The van der Waals surface area contributed by atoms with Gasteiger partial charge in [-0.05, 0) is 38.1 Å². The van der Waals surface area contributed by atoms with E-state index in [0.717, 1.165) is 24.1 Å². The molecule has 18 heavy (non-hydrogen) atoms. The van der Waals surface area contributed by atoms with E-state index in [-0.39, 0.29) is 0 Å². The average molecular weight is 313 g/mol. The molecule has 0 fully saturated rings. The lowest BCUT2D eigenvalue weighted by Gasteiger charge is -2.19. The Morgan fingerprint density at radius 3 is 2.56 bits per heavy atom. The predicted molar refractivity (Wildman–Crippen MR) is 82.8 cm³/mol. The normalized spacial score (nSPS) is 12.9. The van der Waals surface area contributed by atoms with Crippen LogP contribution in [0, 0.1) is 0 Å². The van der Waals surface area contributed by atoms with E-state index in [1.165, 1.54) is 18.4 Å². The van der Waals surface area contributed by atoms with Crippen molar-refractivity contribution in [1.29, 1.82) is 0 Å². The second-order valence-corrected chi connectivity index (χ2v) is 5.92. The average Bonchev–Trinajstić information content (AvgIpc) is 2.32. The van der Waals surface area contributed by atoms with Crippen LogP contribution in [0.3, 0.4) is 0 Å². The number of nitrogens with one attached hydrogen (secondary N) is 1. The first-order valence-corrected chi connectivity index (χ1v) is 7.57. The third-order valence-corrected chi connectivity index (χ3v) is 3.60. The molecule has 1 aromatic carbocycles. The van der Waals surface area contributed by atoms with Gasteiger partial charge in [-0.2, -0.15) is 0 Å². The van der Waals surface area contributed by atoms with Crippen LogP contribution in [-0.4, -0.2) is 31.1 Å². The van der Waals surface area contributed by atoms with Gasteiger partial charge >= 0.3 is 0 Å². The molecule has 0 aliphatic rings. The van der Waals surface area contributed by atoms with Crippen molar-refractivity contribution in [1.82, 2.24) is 10.2 Å². The molecule has 102 valence electrons. The Bertz CT molecular complexity index is 324. The summed E-state index contributed by atoms with van der Waals surface area (Å²) in [6.45, 7) is 7.66. The van der Waals surface area contributed by atoms with E-state index in [1.54, 1.807) is 0 Å². The van der Waals surface area contributed by atoms with Crippen molar-refractivity contribution in [3.8, 4) is 0 Å². The van der Waals surface area contributed by atoms with Crippen LogP contribution in [-0.2, 0) is 6.54 Å². The molecule has 1 rings (SSSR count). The van der Waals surface area contributed by atoms with Gasteiger partial charge in [-0.1, -0.05) is 41.4 Å². The second kappa shape index (κ2) is 8.68. The minimum atomic E-state index is 0.635. The summed E-state index contributed by atoms with van der Waals surface area (Å²) in [5, 5.41) is 3.56. The van der Waals surface area contributed by atoms with E-state index in [4.69, 9.17) is 0 Å². The number of hydrogen-bond acceptors (Lipinski definition) is 2. The zero-order valence-electron chi connectivity index (χ0n) is 11.7. The maximum atomic E-state index is 3.56. The molecule has 0 saturated heterocycles. The first kappa shape index (κ1) is 15.7. The first-order valence-electron chi connectivity index (χ1n) is 6.78. The van der Waals surface area contributed by atoms with Crippen LogP contribution in [0.15, 0.2) is 28.7 Å². The van der Waals surface area contributed by atoms with Crippen LogP contribution in [0.4, 0.5) is 0 Å². The van der Waals surface area contributed by atoms with Gasteiger partial charge in [0.05, 0.1) is 0 Å². The van der Waals surface area contributed by atoms with Crippen LogP contribution >= 0.6 is 15.9 Å². The van der Waals surface area contributed by atoms with Gasteiger partial charge in [0.15, 0.2) is 0 Å². The third-order valence-electron chi connectivity index (χ3n) is 3.07. The first-order chi connectivity index (χ1) is 8.61. The lowest BCUT2D eigenvalue weighted by atomic mass is 10.2. The number of halogens is 1. The number of nitrogens with zero attached hydrogens (tertiary/aromatic N) is 1. The lowest BCUT2D eigenvalue weighted by molar-refractivity contribution is 0.316. The van der Waals surface area contributed by atoms with E-state index in [0.29, 0.717) is 6.04 Å². The van der Waals surface area contributed by atoms with Gasteiger partial charge < -0.3 is 10.2 Å². The van der Waals surface area contributed by atoms with Crippen molar-refractivity contribution in [2.45, 2.75) is 39.3 Å². The molecule has 0 spiro atoms. The van der Waals surface area contributed by atoms with Crippen molar-refractivity contribution in [3.05, 3.63) is 34.3 Å². The number of rotatable bonds is 8. The van der Waals surface area contributed by atoms with E-state index in [1.807, 2.05) is 0 Å². The SMILES string of the molecule is CCCC(C)NCCN(C)Cc1ccc(Br)cc1. The van der Waals surface area contributed by atoms with Crippen LogP contribution in [0.5, 0.6) is 0 Å². The fourth-order valence-electron chi connectivity index (χ4n) is 2.02. The maximum absolute atomic E-state index is 3.56. The molecule has 0 aromatic heterocycles. The largest absolute Gasteiger partial charge is 0.313 e. The van der Waals surface area contributed by atoms with Crippen molar-refractivity contribution >= 4 is 15.9 Å². The number of hydrogen-bond donors (Lipinski definition) is 1. The standard InChI is InChI=1S/C15H25BrN2/c1-4-5-13(2)17-10-11-18(3)12-14-6-8-15(16)9-7-14/h6-9,13,17H,4-5,10-12H2,1-3H3. The summed E-state index contributed by atoms with van der Waals surface area (Å²) < 4.78 is 1.14. The van der Waals surface area contributed by atoms with E-state index < -0.39 is 0 Å². The van der Waals surface area contributed by atoms with Gasteiger partial charge in [-0.15, -0.1) is 0 Å². The lowest BCUT2D eigenvalue weighted by Crippen LogP contribution is -2.34. The maximum Gasteiger partial charge on any atom is 0.0231 e. The Labute approximate surface area is 120 Å². The minimum absolute atomic E-state index is 0.635. The van der Waals surface area contributed by atoms with Crippen LogP contribution in [0.1, 0.15) is 32.3 Å². The molecule has 0 amide bonds. The summed E-state index contributed by atoms with van der Waals surface area (Å²) in [5.74, 6) is 0. The van der Waals surface area contributed by atoms with Crippen molar-refractivity contribution in [2.24, 2.45) is 0 Å². The summed E-state index contributed by atoms with van der Waals surface area (Å²) in [5.41, 5.74) is 1.36. The van der Waals surface area contributed by atoms with Crippen LogP contribution in [0.25, 0.3) is 0 Å². The zero-order valence-corrected chi connectivity index (χ0v) is 13.3. The molecule has 3 heteroatoms. The highest BCUT2D eigenvalue weighted by molar-refractivity contribution is 9.10. The van der Waals surface area contributed by atoms with Gasteiger partial charge in [0.1, 0.15) is 0 Å². The van der Waals surface area contributed by atoms with Gasteiger partial charge in [0.2, 0.25) is 0 Å². The van der Waals surface area contributed by atoms with Gasteiger partial charge in [0.25, 0.3) is 0 Å². The molecule has 0 heterocycles. The fraction of sp³-hybridized carbons (Fsp3) is 0.600. The Balaban J connectivity index is 2.21. The van der Waals surface area contributed by atoms with E-state index >= 15 is 0 Å². The number of benzene rings is 1.